The lowest BCUT2D eigenvalue weighted by Gasteiger charge is -2.21. The second kappa shape index (κ2) is 13.5. The molecule has 0 unspecified atom stereocenters. The van der Waals surface area contributed by atoms with Crippen molar-refractivity contribution < 1.29 is 24.1 Å². The number of amides is 1. The average molecular weight is 585 g/mol. The Morgan fingerprint density at radius 3 is 2.50 bits per heavy atom. The minimum absolute atomic E-state index is 0.00874. The molecule has 4 aromatic carbocycles. The van der Waals surface area contributed by atoms with Gasteiger partial charge in [-0.1, -0.05) is 84.1 Å². The number of ether oxygens (including phenoxy) is 3. The molecule has 5 aromatic rings. The van der Waals surface area contributed by atoms with E-state index in [2.05, 4.69) is 11.1 Å². The Kier molecular flexibility index (Phi) is 9.33. The summed E-state index contributed by atoms with van der Waals surface area (Å²) in [4.78, 5) is 29.6. The molecule has 0 saturated carbocycles. The van der Waals surface area contributed by atoms with Crippen LogP contribution in [0.5, 0.6) is 11.6 Å². The van der Waals surface area contributed by atoms with Crippen LogP contribution in [0.15, 0.2) is 89.7 Å². The zero-order valence-electron chi connectivity index (χ0n) is 23.5. The number of carbonyl (C=O) groups is 1. The third-order valence-electron chi connectivity index (χ3n) is 6.87. The van der Waals surface area contributed by atoms with Crippen LogP contribution >= 0.6 is 11.3 Å². The molecule has 0 radical (unpaired) electrons. The van der Waals surface area contributed by atoms with Crippen molar-refractivity contribution in [3.05, 3.63) is 116 Å². The molecule has 0 aliphatic carbocycles. The Morgan fingerprint density at radius 2 is 1.74 bits per heavy atom. The Morgan fingerprint density at radius 1 is 0.929 bits per heavy atom. The molecule has 0 bridgehead atoms. The van der Waals surface area contributed by atoms with Crippen molar-refractivity contribution in [2.75, 3.05) is 34.2 Å². The van der Waals surface area contributed by atoms with Gasteiger partial charge in [0.25, 0.3) is 5.91 Å². The van der Waals surface area contributed by atoms with Gasteiger partial charge in [0.1, 0.15) is 5.75 Å². The maximum Gasteiger partial charge on any atom is 0.307 e. The van der Waals surface area contributed by atoms with E-state index >= 15 is 0 Å². The molecular weight excluding hydrogens is 552 g/mol. The van der Waals surface area contributed by atoms with Crippen LogP contribution in [-0.4, -0.2) is 55.1 Å². The van der Waals surface area contributed by atoms with Crippen LogP contribution in [0.25, 0.3) is 21.9 Å². The van der Waals surface area contributed by atoms with Gasteiger partial charge in [-0.05, 0) is 39.8 Å². The molecule has 0 spiro atoms. The highest BCUT2D eigenvalue weighted by atomic mass is 32.1. The van der Waals surface area contributed by atoms with E-state index in [-0.39, 0.29) is 23.5 Å². The first kappa shape index (κ1) is 29.1. The number of aromatic nitrogens is 1. The summed E-state index contributed by atoms with van der Waals surface area (Å²) in [5.74, 6) is 0.271. The van der Waals surface area contributed by atoms with E-state index < -0.39 is 0 Å². The largest absolute Gasteiger partial charge is 0.494 e. The molecular formula is C33H32N2O6S. The minimum atomic E-state index is -0.268. The van der Waals surface area contributed by atoms with Crippen LogP contribution in [0.1, 0.15) is 26.4 Å². The molecule has 0 aliphatic heterocycles. The zero-order chi connectivity index (χ0) is 29.5. The first-order chi connectivity index (χ1) is 20.4. The van der Waals surface area contributed by atoms with Gasteiger partial charge < -0.3 is 24.2 Å². The number of aromatic hydroxyl groups is 1. The molecule has 0 aliphatic rings. The van der Waals surface area contributed by atoms with Crippen LogP contribution < -0.4 is 9.61 Å². The summed E-state index contributed by atoms with van der Waals surface area (Å²) in [5, 5.41) is 11.7. The number of fused-ring (bicyclic) bond motifs is 1. The molecule has 216 valence electrons. The van der Waals surface area contributed by atoms with Gasteiger partial charge in [0.2, 0.25) is 5.88 Å². The van der Waals surface area contributed by atoms with Crippen LogP contribution in [0.4, 0.5) is 0 Å². The topological polar surface area (TPSA) is 101 Å². The Bertz CT molecular complexity index is 1730. The first-order valence-electron chi connectivity index (χ1n) is 13.5. The minimum Gasteiger partial charge on any atom is -0.494 e. The third kappa shape index (κ3) is 6.88. The maximum atomic E-state index is 13.7. The predicted octanol–water partition coefficient (Wildman–Crippen LogP) is 5.82. The Hall–Kier alpha value is -4.44. The van der Waals surface area contributed by atoms with Crippen LogP contribution in [0, 0.1) is 0 Å². The smallest absolute Gasteiger partial charge is 0.307 e. The molecule has 9 heteroatoms. The number of benzene rings is 4. The van der Waals surface area contributed by atoms with Gasteiger partial charge >= 0.3 is 4.87 Å². The molecule has 5 rings (SSSR count). The summed E-state index contributed by atoms with van der Waals surface area (Å²) in [5.41, 5.74) is 4.50. The maximum absolute atomic E-state index is 13.7. The third-order valence-corrected chi connectivity index (χ3v) is 7.75. The normalized spacial score (nSPS) is 11.1. The van der Waals surface area contributed by atoms with E-state index in [0.717, 1.165) is 44.4 Å². The van der Waals surface area contributed by atoms with Crippen LogP contribution in [0.3, 0.4) is 0 Å². The summed E-state index contributed by atoms with van der Waals surface area (Å²) < 4.78 is 16.5. The quantitative estimate of drug-likeness (QED) is 0.142. The van der Waals surface area contributed by atoms with E-state index in [1.54, 1.807) is 25.1 Å². The summed E-state index contributed by atoms with van der Waals surface area (Å²) >= 11 is 1.01. The van der Waals surface area contributed by atoms with Crippen molar-refractivity contribution >= 4 is 28.0 Å². The second-order valence-electron chi connectivity index (χ2n) is 9.85. The number of carbonyl (C=O) groups excluding carboxylic acids is 1. The number of aromatic amines is 1. The molecule has 1 heterocycles. The number of nitrogens with zero attached hydrogens (tertiary/aromatic N) is 1. The van der Waals surface area contributed by atoms with Crippen molar-refractivity contribution in [3.8, 4) is 22.8 Å². The standard InChI is InChI=1S/C33H32N2O6S/c1-35(32(37)28-15-14-25-7-3-4-9-27(25)30(28)41-21-40-17-16-39-2)20-23-6-5-8-26(18-23)24-12-10-22(11-13-24)19-29-31(36)34-33(38)42-29/h3-15,18,36H,16-17,19-21H2,1-2H3,(H,34,38). The Labute approximate surface area is 247 Å². The van der Waals surface area contributed by atoms with Crippen molar-refractivity contribution in [1.29, 1.82) is 0 Å². The number of hydrogen-bond donors (Lipinski definition) is 2. The van der Waals surface area contributed by atoms with Crippen molar-refractivity contribution in [2.45, 2.75) is 13.0 Å². The molecule has 0 fully saturated rings. The number of H-pyrrole nitrogens is 1. The Balaban J connectivity index is 1.30. The number of thiazole rings is 1. The highest BCUT2D eigenvalue weighted by molar-refractivity contribution is 7.09. The van der Waals surface area contributed by atoms with Gasteiger partial charge in [-0.15, -0.1) is 0 Å². The van der Waals surface area contributed by atoms with Gasteiger partial charge in [0.15, 0.2) is 6.79 Å². The number of hydrogen-bond acceptors (Lipinski definition) is 7. The van der Waals surface area contributed by atoms with Gasteiger partial charge in [-0.2, -0.15) is 0 Å². The lowest BCUT2D eigenvalue weighted by atomic mass is 10.0. The second-order valence-corrected chi connectivity index (χ2v) is 10.9. The van der Waals surface area contributed by atoms with E-state index in [4.69, 9.17) is 14.2 Å². The highest BCUT2D eigenvalue weighted by Crippen LogP contribution is 2.31. The van der Waals surface area contributed by atoms with Gasteiger partial charge in [-0.25, -0.2) is 0 Å². The zero-order valence-corrected chi connectivity index (χ0v) is 24.3. The van der Waals surface area contributed by atoms with Crippen LogP contribution in [-0.2, 0) is 22.4 Å². The molecule has 1 aromatic heterocycles. The molecule has 8 nitrogen and oxygen atoms in total. The number of methoxy groups -OCH3 is 1. The lowest BCUT2D eigenvalue weighted by Crippen LogP contribution is -2.27. The SMILES string of the molecule is COCCOCOc1c(C(=O)N(C)Cc2cccc(-c3ccc(Cc4sc(=O)[nH]c4O)cc3)c2)ccc2ccccc12. The molecule has 0 saturated heterocycles. The average Bonchev–Trinajstić information content (AvgIpc) is 3.32. The molecule has 2 N–H and O–H groups in total. The van der Waals surface area contributed by atoms with Gasteiger partial charge in [0, 0.05) is 32.5 Å². The van der Waals surface area contributed by atoms with Crippen LogP contribution in [0.2, 0.25) is 0 Å². The molecule has 1 amide bonds. The van der Waals surface area contributed by atoms with Gasteiger partial charge in [0.05, 0.1) is 23.7 Å². The highest BCUT2D eigenvalue weighted by Gasteiger charge is 2.20. The van der Waals surface area contributed by atoms with Crippen molar-refractivity contribution in [2.24, 2.45) is 0 Å². The van der Waals surface area contributed by atoms with E-state index in [1.165, 1.54) is 0 Å². The summed E-state index contributed by atoms with van der Waals surface area (Å²) in [6.07, 6.45) is 0.474. The monoisotopic (exact) mass is 584 g/mol. The van der Waals surface area contributed by atoms with E-state index in [1.807, 2.05) is 72.8 Å². The fourth-order valence-electron chi connectivity index (χ4n) is 4.74. The van der Waals surface area contributed by atoms with Crippen molar-refractivity contribution in [1.82, 2.24) is 9.88 Å². The number of nitrogens with one attached hydrogen (secondary N) is 1. The summed E-state index contributed by atoms with van der Waals surface area (Å²) in [6.45, 7) is 1.27. The van der Waals surface area contributed by atoms with Crippen molar-refractivity contribution in [3.63, 3.8) is 0 Å². The number of rotatable bonds is 12. The van der Waals surface area contributed by atoms with Gasteiger partial charge in [-0.3, -0.25) is 14.6 Å². The first-order valence-corrected chi connectivity index (χ1v) is 14.3. The fourth-order valence-corrected chi connectivity index (χ4v) is 5.50. The van der Waals surface area contributed by atoms with E-state index in [9.17, 15) is 14.7 Å². The molecule has 0 atom stereocenters. The van der Waals surface area contributed by atoms with E-state index in [0.29, 0.717) is 42.4 Å². The fraction of sp³-hybridized carbons (Fsp3) is 0.212. The molecule has 42 heavy (non-hydrogen) atoms. The lowest BCUT2D eigenvalue weighted by molar-refractivity contribution is -0.00820. The predicted molar refractivity (Wildman–Crippen MR) is 164 cm³/mol. The summed E-state index contributed by atoms with van der Waals surface area (Å²) in [6, 6.07) is 27.6. The summed E-state index contributed by atoms with van der Waals surface area (Å²) in [7, 11) is 3.39.